The van der Waals surface area contributed by atoms with Gasteiger partial charge in [0.2, 0.25) is 0 Å². The molecular formula is C19H25NO5S. The third-order valence-electron chi connectivity index (χ3n) is 3.27. The van der Waals surface area contributed by atoms with Crippen molar-refractivity contribution in [3.63, 3.8) is 0 Å². The summed E-state index contributed by atoms with van der Waals surface area (Å²) in [6.07, 6.45) is 2.15. The Hall–Kier alpha value is -2.22. The summed E-state index contributed by atoms with van der Waals surface area (Å²) in [6, 6.07) is 18.2. The van der Waals surface area contributed by atoms with E-state index in [2.05, 4.69) is 0 Å². The molecular weight excluding hydrogens is 354 g/mol. The van der Waals surface area contributed by atoms with Crippen molar-refractivity contribution >= 4 is 16.1 Å². The fourth-order valence-electron chi connectivity index (χ4n) is 2.01. The highest BCUT2D eigenvalue weighted by Crippen LogP contribution is 2.04. The van der Waals surface area contributed by atoms with E-state index in [0.29, 0.717) is 25.1 Å². The first-order valence-electron chi connectivity index (χ1n) is 8.29. The van der Waals surface area contributed by atoms with E-state index >= 15 is 0 Å². The Morgan fingerprint density at radius 1 is 0.923 bits per heavy atom. The van der Waals surface area contributed by atoms with Crippen LogP contribution in [0.1, 0.15) is 30.4 Å². The van der Waals surface area contributed by atoms with Gasteiger partial charge in [0.05, 0.1) is 0 Å². The van der Waals surface area contributed by atoms with Gasteiger partial charge in [0, 0.05) is 6.42 Å². The minimum atomic E-state index is -3.88. The van der Waals surface area contributed by atoms with Gasteiger partial charge in [-0.15, -0.1) is 0 Å². The summed E-state index contributed by atoms with van der Waals surface area (Å²) in [4.78, 5) is 11.2. The second-order valence-electron chi connectivity index (χ2n) is 5.60. The molecule has 0 radical (unpaired) electrons. The molecule has 0 fully saturated rings. The van der Waals surface area contributed by atoms with Crippen LogP contribution in [0.3, 0.4) is 0 Å². The minimum Gasteiger partial charge on any atom is -0.461 e. The van der Waals surface area contributed by atoms with Crippen molar-refractivity contribution in [2.75, 3.05) is 6.54 Å². The molecule has 0 unspecified atom stereocenters. The molecule has 0 atom stereocenters. The zero-order chi connectivity index (χ0) is 19.3. The molecule has 3 N–H and O–H groups in total. The molecule has 0 spiro atoms. The van der Waals surface area contributed by atoms with Gasteiger partial charge in [-0.3, -0.25) is 9.35 Å². The fourth-order valence-corrected chi connectivity index (χ4v) is 2.62. The lowest BCUT2D eigenvalue weighted by atomic mass is 10.2. The fraction of sp³-hybridized carbons (Fsp3) is 0.316. The smallest absolute Gasteiger partial charge is 0.306 e. The monoisotopic (exact) mass is 379 g/mol. The second kappa shape index (κ2) is 12.2. The second-order valence-corrected chi connectivity index (χ2v) is 7.06. The predicted octanol–water partition coefficient (Wildman–Crippen LogP) is 2.93. The number of hydrogen-bond acceptors (Lipinski definition) is 5. The van der Waals surface area contributed by atoms with E-state index in [1.54, 1.807) is 30.3 Å². The maximum absolute atomic E-state index is 11.2. The lowest BCUT2D eigenvalue weighted by molar-refractivity contribution is -0.145. The van der Waals surface area contributed by atoms with Crippen LogP contribution in [-0.4, -0.2) is 25.5 Å². The van der Waals surface area contributed by atoms with Crippen LogP contribution in [-0.2, 0) is 32.0 Å². The zero-order valence-electron chi connectivity index (χ0n) is 14.6. The minimum absolute atomic E-state index is 0.146. The Bertz CT molecular complexity index is 733. The molecule has 0 saturated carbocycles. The average molecular weight is 379 g/mol. The van der Waals surface area contributed by atoms with E-state index in [0.717, 1.165) is 18.4 Å². The molecule has 26 heavy (non-hydrogen) atoms. The summed E-state index contributed by atoms with van der Waals surface area (Å²) in [6.45, 7) is 0.994. The van der Waals surface area contributed by atoms with Crippen LogP contribution in [0, 0.1) is 0 Å². The first-order chi connectivity index (χ1) is 12.4. The number of carbonyl (C=O) groups is 1. The highest BCUT2D eigenvalue weighted by atomic mass is 32.2. The molecule has 0 aliphatic rings. The van der Waals surface area contributed by atoms with Gasteiger partial charge in [0.25, 0.3) is 10.1 Å². The van der Waals surface area contributed by atoms with Gasteiger partial charge in [-0.1, -0.05) is 60.7 Å². The van der Waals surface area contributed by atoms with Crippen LogP contribution in [0.4, 0.5) is 0 Å². The molecule has 0 aromatic heterocycles. The molecule has 7 heteroatoms. The topological polar surface area (TPSA) is 107 Å². The van der Waals surface area contributed by atoms with Gasteiger partial charge < -0.3 is 10.5 Å². The lowest BCUT2D eigenvalue weighted by Gasteiger charge is -2.04. The van der Waals surface area contributed by atoms with Crippen LogP contribution in [0.2, 0.25) is 0 Å². The van der Waals surface area contributed by atoms with Crippen LogP contribution in [0.5, 0.6) is 0 Å². The molecule has 0 heterocycles. The highest BCUT2D eigenvalue weighted by molar-refractivity contribution is 7.85. The summed E-state index contributed by atoms with van der Waals surface area (Å²) < 4.78 is 34.3. The van der Waals surface area contributed by atoms with Crippen molar-refractivity contribution in [3.8, 4) is 0 Å². The van der Waals surface area contributed by atoms with Gasteiger partial charge in [-0.05, 0) is 30.5 Å². The van der Waals surface area contributed by atoms with Gasteiger partial charge >= 0.3 is 5.97 Å². The van der Waals surface area contributed by atoms with Crippen LogP contribution in [0.25, 0.3) is 0 Å². The Balaban J connectivity index is 0.000000273. The zero-order valence-corrected chi connectivity index (χ0v) is 15.4. The van der Waals surface area contributed by atoms with Crippen molar-refractivity contribution in [2.45, 2.75) is 31.6 Å². The van der Waals surface area contributed by atoms with E-state index < -0.39 is 10.1 Å². The number of benzene rings is 2. The lowest BCUT2D eigenvalue weighted by Crippen LogP contribution is -2.06. The van der Waals surface area contributed by atoms with Crippen LogP contribution in [0.15, 0.2) is 60.7 Å². The van der Waals surface area contributed by atoms with Crippen molar-refractivity contribution in [1.29, 1.82) is 0 Å². The molecule has 142 valence electrons. The van der Waals surface area contributed by atoms with Crippen molar-refractivity contribution < 1.29 is 22.5 Å². The van der Waals surface area contributed by atoms with E-state index in [9.17, 15) is 13.2 Å². The number of rotatable bonds is 8. The highest BCUT2D eigenvalue weighted by Gasteiger charge is 2.04. The number of nitrogens with two attached hydrogens (primary N) is 1. The molecule has 2 aromatic rings. The number of esters is 1. The number of carbonyl (C=O) groups excluding carboxylic acids is 1. The quantitative estimate of drug-likeness (QED) is 0.415. The molecule has 0 amide bonds. The van der Waals surface area contributed by atoms with Gasteiger partial charge in [0.15, 0.2) is 0 Å². The third kappa shape index (κ3) is 11.4. The Kier molecular flexibility index (Phi) is 10.2. The summed E-state index contributed by atoms with van der Waals surface area (Å²) in [5.74, 6) is -0.458. The first kappa shape index (κ1) is 21.8. The number of unbranched alkanes of at least 4 members (excludes halogenated alkanes) is 1. The van der Waals surface area contributed by atoms with Gasteiger partial charge in [-0.2, -0.15) is 8.42 Å². The van der Waals surface area contributed by atoms with Crippen molar-refractivity contribution in [3.05, 3.63) is 71.8 Å². The normalized spacial score (nSPS) is 10.5. The molecule has 6 nitrogen and oxygen atoms in total. The SMILES string of the molecule is NCCCCC(=O)OCc1ccccc1.O=S(=O)(O)Cc1ccccc1. The maximum atomic E-state index is 11.2. The molecule has 2 aromatic carbocycles. The summed E-state index contributed by atoms with van der Waals surface area (Å²) in [5.41, 5.74) is 6.94. The van der Waals surface area contributed by atoms with E-state index in [1.807, 2.05) is 30.3 Å². The van der Waals surface area contributed by atoms with Crippen molar-refractivity contribution in [2.24, 2.45) is 5.73 Å². The first-order valence-corrected chi connectivity index (χ1v) is 9.90. The largest absolute Gasteiger partial charge is 0.461 e. The number of ether oxygens (including phenoxy) is 1. The maximum Gasteiger partial charge on any atom is 0.306 e. The van der Waals surface area contributed by atoms with Gasteiger partial charge in [0.1, 0.15) is 12.4 Å². The number of hydrogen-bond donors (Lipinski definition) is 2. The van der Waals surface area contributed by atoms with Crippen molar-refractivity contribution in [1.82, 2.24) is 0 Å². The standard InChI is InChI=1S/C12H17NO2.C7H8O3S/c13-9-5-4-8-12(14)15-10-11-6-2-1-3-7-11;8-11(9,10)6-7-4-2-1-3-5-7/h1-3,6-7H,4-5,8-10,13H2;1-5H,6H2,(H,8,9,10). The average Bonchev–Trinajstić information content (AvgIpc) is 2.61. The molecule has 2 rings (SSSR count). The Labute approximate surface area is 154 Å². The van der Waals surface area contributed by atoms with E-state index in [-0.39, 0.29) is 11.7 Å². The third-order valence-corrected chi connectivity index (χ3v) is 3.97. The van der Waals surface area contributed by atoms with Crippen LogP contribution < -0.4 is 5.73 Å². The molecule has 0 aliphatic carbocycles. The van der Waals surface area contributed by atoms with E-state index in [1.165, 1.54) is 0 Å². The van der Waals surface area contributed by atoms with E-state index in [4.69, 9.17) is 15.0 Å². The Morgan fingerprint density at radius 3 is 1.96 bits per heavy atom. The summed E-state index contributed by atoms with van der Waals surface area (Å²) in [7, 11) is -3.88. The predicted molar refractivity (Wildman–Crippen MR) is 101 cm³/mol. The van der Waals surface area contributed by atoms with Crippen LogP contribution >= 0.6 is 0 Å². The molecule has 0 saturated heterocycles. The molecule has 0 bridgehead atoms. The Morgan fingerprint density at radius 2 is 1.46 bits per heavy atom. The summed E-state index contributed by atoms with van der Waals surface area (Å²) >= 11 is 0. The van der Waals surface area contributed by atoms with Gasteiger partial charge in [-0.25, -0.2) is 0 Å². The summed E-state index contributed by atoms with van der Waals surface area (Å²) in [5, 5.41) is 0. The molecule has 0 aliphatic heterocycles.